The predicted molar refractivity (Wildman–Crippen MR) is 55.3 cm³/mol. The summed E-state index contributed by atoms with van der Waals surface area (Å²) in [5, 5.41) is 2.11. The van der Waals surface area contributed by atoms with Crippen LogP contribution in [0.2, 0.25) is 0 Å². The summed E-state index contributed by atoms with van der Waals surface area (Å²) in [7, 11) is 1.69. The first-order valence-electron chi connectivity index (χ1n) is 4.52. The maximum atomic E-state index is 5.35. The van der Waals surface area contributed by atoms with Gasteiger partial charge in [0.15, 0.2) is 0 Å². The van der Waals surface area contributed by atoms with Crippen LogP contribution < -0.4 is 0 Å². The summed E-state index contributed by atoms with van der Waals surface area (Å²) in [6.07, 6.45) is 2.23. The fourth-order valence-corrected chi connectivity index (χ4v) is 1.80. The topological polar surface area (TPSA) is 18.5 Å². The van der Waals surface area contributed by atoms with Gasteiger partial charge in [-0.2, -0.15) is 0 Å². The fourth-order valence-electron chi connectivity index (χ4n) is 1.05. The van der Waals surface area contributed by atoms with Crippen molar-refractivity contribution in [1.82, 2.24) is 0 Å². The second-order valence-electron chi connectivity index (χ2n) is 2.79. The van der Waals surface area contributed by atoms with Crippen LogP contribution in [-0.2, 0) is 15.9 Å². The zero-order valence-electron chi connectivity index (χ0n) is 7.99. The molecule has 0 N–H and O–H groups in total. The van der Waals surface area contributed by atoms with E-state index in [0.29, 0.717) is 13.2 Å². The number of hydrogen-bond acceptors (Lipinski definition) is 3. The molecule has 74 valence electrons. The summed E-state index contributed by atoms with van der Waals surface area (Å²) < 4.78 is 10.2. The molecule has 0 aliphatic heterocycles. The Morgan fingerprint density at radius 2 is 2.23 bits per heavy atom. The van der Waals surface area contributed by atoms with E-state index in [1.807, 2.05) is 11.3 Å². The minimum absolute atomic E-state index is 0.693. The van der Waals surface area contributed by atoms with Crippen LogP contribution in [0.1, 0.15) is 11.3 Å². The van der Waals surface area contributed by atoms with Gasteiger partial charge in [0, 0.05) is 18.6 Å². The van der Waals surface area contributed by atoms with Gasteiger partial charge in [0.25, 0.3) is 0 Å². The van der Waals surface area contributed by atoms with E-state index >= 15 is 0 Å². The second-order valence-corrected chi connectivity index (χ2v) is 3.82. The summed E-state index contributed by atoms with van der Waals surface area (Å²) in [5.74, 6) is 0. The second kappa shape index (κ2) is 7.06. The highest BCUT2D eigenvalue weighted by Gasteiger charge is 1.93. The highest BCUT2D eigenvalue weighted by Crippen LogP contribution is 2.10. The molecule has 0 spiro atoms. The third-order valence-electron chi connectivity index (χ3n) is 1.72. The van der Waals surface area contributed by atoms with Gasteiger partial charge in [0.05, 0.1) is 13.2 Å². The molecule has 0 aromatic carbocycles. The Bertz CT molecular complexity index is 197. The van der Waals surface area contributed by atoms with E-state index in [0.717, 1.165) is 19.4 Å². The van der Waals surface area contributed by atoms with E-state index < -0.39 is 0 Å². The van der Waals surface area contributed by atoms with Gasteiger partial charge in [-0.25, -0.2) is 0 Å². The minimum Gasteiger partial charge on any atom is -0.382 e. The molecule has 13 heavy (non-hydrogen) atoms. The lowest BCUT2D eigenvalue weighted by Crippen LogP contribution is -2.03. The normalized spacial score (nSPS) is 10.5. The summed E-state index contributed by atoms with van der Waals surface area (Å²) in [5.41, 5.74) is 0. The monoisotopic (exact) mass is 200 g/mol. The quantitative estimate of drug-likeness (QED) is 0.629. The molecule has 0 aliphatic rings. The minimum atomic E-state index is 0.693. The van der Waals surface area contributed by atoms with Crippen molar-refractivity contribution in [3.05, 3.63) is 22.4 Å². The first-order valence-corrected chi connectivity index (χ1v) is 5.40. The molecule has 0 saturated carbocycles. The molecule has 1 aromatic rings. The van der Waals surface area contributed by atoms with Crippen molar-refractivity contribution < 1.29 is 9.47 Å². The van der Waals surface area contributed by atoms with E-state index in [4.69, 9.17) is 9.47 Å². The van der Waals surface area contributed by atoms with Gasteiger partial charge in [-0.3, -0.25) is 0 Å². The maximum Gasteiger partial charge on any atom is 0.0700 e. The van der Waals surface area contributed by atoms with E-state index in [1.165, 1.54) is 4.88 Å². The molecule has 1 rings (SSSR count). The lowest BCUT2D eigenvalue weighted by Gasteiger charge is -2.01. The Balaban J connectivity index is 1.90. The Morgan fingerprint density at radius 3 is 2.92 bits per heavy atom. The molecule has 0 saturated heterocycles. The molecule has 3 heteroatoms. The number of aryl methyl sites for hydroxylation is 1. The number of hydrogen-bond donors (Lipinski definition) is 0. The number of thiophene rings is 1. The van der Waals surface area contributed by atoms with Crippen molar-refractivity contribution >= 4 is 11.3 Å². The van der Waals surface area contributed by atoms with Gasteiger partial charge in [-0.1, -0.05) is 6.07 Å². The van der Waals surface area contributed by atoms with Crippen LogP contribution >= 0.6 is 11.3 Å². The molecule has 1 aromatic heterocycles. The Morgan fingerprint density at radius 1 is 1.31 bits per heavy atom. The first kappa shape index (κ1) is 10.7. The van der Waals surface area contributed by atoms with Crippen molar-refractivity contribution in [3.63, 3.8) is 0 Å². The van der Waals surface area contributed by atoms with Crippen LogP contribution in [0.4, 0.5) is 0 Å². The van der Waals surface area contributed by atoms with Crippen LogP contribution in [0, 0.1) is 0 Å². The molecule has 1 heterocycles. The van der Waals surface area contributed by atoms with E-state index in [1.54, 1.807) is 7.11 Å². The average Bonchev–Trinajstić information content (AvgIpc) is 2.63. The van der Waals surface area contributed by atoms with Crippen molar-refractivity contribution in [2.24, 2.45) is 0 Å². The molecule has 0 unspecified atom stereocenters. The molecular formula is C10H16O2S. The molecular weight excluding hydrogens is 184 g/mol. The zero-order valence-corrected chi connectivity index (χ0v) is 8.81. The van der Waals surface area contributed by atoms with Crippen molar-refractivity contribution in [2.45, 2.75) is 12.8 Å². The van der Waals surface area contributed by atoms with Crippen LogP contribution in [-0.4, -0.2) is 26.9 Å². The van der Waals surface area contributed by atoms with Crippen LogP contribution in [0.3, 0.4) is 0 Å². The number of rotatable bonds is 7. The van der Waals surface area contributed by atoms with Crippen LogP contribution in [0.5, 0.6) is 0 Å². The molecule has 0 atom stereocenters. The van der Waals surface area contributed by atoms with Gasteiger partial charge >= 0.3 is 0 Å². The fraction of sp³-hybridized carbons (Fsp3) is 0.600. The number of methoxy groups -OCH3 is 1. The Labute approximate surface area is 83.5 Å². The van der Waals surface area contributed by atoms with Gasteiger partial charge in [0.1, 0.15) is 0 Å². The summed E-state index contributed by atoms with van der Waals surface area (Å²) in [4.78, 5) is 1.44. The lowest BCUT2D eigenvalue weighted by molar-refractivity contribution is 0.0696. The zero-order chi connectivity index (χ0) is 9.36. The average molecular weight is 200 g/mol. The first-order chi connectivity index (χ1) is 6.43. The van der Waals surface area contributed by atoms with Gasteiger partial charge in [-0.05, 0) is 24.3 Å². The largest absolute Gasteiger partial charge is 0.382 e. The molecule has 0 amide bonds. The lowest BCUT2D eigenvalue weighted by atomic mass is 10.3. The third-order valence-corrected chi connectivity index (χ3v) is 2.66. The summed E-state index contributed by atoms with van der Waals surface area (Å²) in [6.45, 7) is 2.24. The van der Waals surface area contributed by atoms with Gasteiger partial charge in [-0.15, -0.1) is 11.3 Å². The van der Waals surface area contributed by atoms with E-state index in [-0.39, 0.29) is 0 Å². The van der Waals surface area contributed by atoms with E-state index in [9.17, 15) is 0 Å². The summed E-state index contributed by atoms with van der Waals surface area (Å²) in [6, 6.07) is 4.26. The Kier molecular flexibility index (Phi) is 5.81. The maximum absolute atomic E-state index is 5.35. The van der Waals surface area contributed by atoms with Gasteiger partial charge < -0.3 is 9.47 Å². The Hall–Kier alpha value is -0.380. The highest BCUT2D eigenvalue weighted by atomic mass is 32.1. The van der Waals surface area contributed by atoms with Crippen LogP contribution in [0.15, 0.2) is 17.5 Å². The van der Waals surface area contributed by atoms with Crippen molar-refractivity contribution in [3.8, 4) is 0 Å². The molecule has 0 bridgehead atoms. The van der Waals surface area contributed by atoms with Crippen LogP contribution in [0.25, 0.3) is 0 Å². The smallest absolute Gasteiger partial charge is 0.0700 e. The standard InChI is InChI=1S/C10H16O2S/c1-11-7-8-12-6-2-4-10-5-3-9-13-10/h3,5,9H,2,4,6-8H2,1H3. The SMILES string of the molecule is COCCOCCCc1cccs1. The van der Waals surface area contributed by atoms with E-state index in [2.05, 4.69) is 17.5 Å². The van der Waals surface area contributed by atoms with Crippen molar-refractivity contribution in [1.29, 1.82) is 0 Å². The van der Waals surface area contributed by atoms with Gasteiger partial charge in [0.2, 0.25) is 0 Å². The number of ether oxygens (including phenoxy) is 2. The molecule has 0 radical (unpaired) electrons. The highest BCUT2D eigenvalue weighted by molar-refractivity contribution is 7.09. The third kappa shape index (κ3) is 5.03. The molecule has 0 fully saturated rings. The molecule has 2 nitrogen and oxygen atoms in total. The molecule has 0 aliphatic carbocycles. The van der Waals surface area contributed by atoms with Crippen molar-refractivity contribution in [2.75, 3.05) is 26.9 Å². The predicted octanol–water partition coefficient (Wildman–Crippen LogP) is 2.34. The summed E-state index contributed by atoms with van der Waals surface area (Å²) >= 11 is 1.81.